The molecule has 1 amide bonds. The number of aryl methyl sites for hydroxylation is 1. The molecule has 0 unspecified atom stereocenters. The lowest BCUT2D eigenvalue weighted by atomic mass is 9.77. The molecule has 0 aliphatic carbocycles. The highest BCUT2D eigenvalue weighted by Crippen LogP contribution is 2.40. The molecular weight excluding hydrogens is 501 g/mol. The molecule has 206 valence electrons. The third kappa shape index (κ3) is 5.36. The zero-order chi connectivity index (χ0) is 27.6. The first-order chi connectivity index (χ1) is 18.9. The van der Waals surface area contributed by atoms with E-state index in [-0.39, 0.29) is 30.1 Å². The summed E-state index contributed by atoms with van der Waals surface area (Å²) in [6.07, 6.45) is 3.96. The number of benzene rings is 2. The number of H-pyrrole nitrogens is 1. The topological polar surface area (TPSA) is 85.4 Å². The summed E-state index contributed by atoms with van der Waals surface area (Å²) in [6, 6.07) is 8.52. The van der Waals surface area contributed by atoms with E-state index >= 15 is 4.39 Å². The number of likely N-dealkylation sites (tertiary alicyclic amines) is 1. The van der Waals surface area contributed by atoms with Crippen molar-refractivity contribution in [2.24, 2.45) is 10.4 Å². The number of rotatable bonds is 9. The number of aromatic nitrogens is 1. The molecular formula is C30H34FN3O5. The number of aromatic amines is 1. The van der Waals surface area contributed by atoms with Crippen molar-refractivity contribution in [1.29, 1.82) is 0 Å². The number of ether oxygens (including phenoxy) is 4. The molecule has 2 aliphatic heterocycles. The van der Waals surface area contributed by atoms with Gasteiger partial charge in [0.2, 0.25) is 5.91 Å². The van der Waals surface area contributed by atoms with Crippen LogP contribution in [0.4, 0.5) is 10.1 Å². The normalized spacial score (nSPS) is 16.7. The van der Waals surface area contributed by atoms with Gasteiger partial charge in [-0.2, -0.15) is 0 Å². The van der Waals surface area contributed by atoms with Gasteiger partial charge in [0.15, 0.2) is 23.1 Å². The number of fused-ring (bicyclic) bond motifs is 1. The van der Waals surface area contributed by atoms with Gasteiger partial charge >= 0.3 is 0 Å². The van der Waals surface area contributed by atoms with Crippen LogP contribution in [-0.4, -0.2) is 62.5 Å². The lowest BCUT2D eigenvalue weighted by Gasteiger charge is -2.47. The number of nitrogens with one attached hydrogen (secondary N) is 1. The number of hydrogen-bond acceptors (Lipinski definition) is 6. The lowest BCUT2D eigenvalue weighted by molar-refractivity contribution is -0.153. The van der Waals surface area contributed by atoms with Crippen molar-refractivity contribution < 1.29 is 28.1 Å². The van der Waals surface area contributed by atoms with Crippen molar-refractivity contribution in [2.45, 2.75) is 33.1 Å². The van der Waals surface area contributed by atoms with E-state index in [1.807, 2.05) is 11.8 Å². The average Bonchev–Trinajstić information content (AvgIpc) is 3.32. The van der Waals surface area contributed by atoms with Gasteiger partial charge in [0.25, 0.3) is 0 Å². The molecule has 1 spiro atoms. The summed E-state index contributed by atoms with van der Waals surface area (Å²) in [4.78, 5) is 21.9. The molecule has 3 aromatic rings. The summed E-state index contributed by atoms with van der Waals surface area (Å²) in [6.45, 7) is 10.7. The standard InChI is InChI=1S/C30H34FN3O5/c1-5-24(39-25-7-6-22-21(29(25)31)14-19(2)33-22)20-15-26(36-4)27(16-23(20)32-3)38-13-8-28(35)34-11-9-30(10-12-34)17-37-18-30/h5-7,14-16,33H,3,8-13,17-18H2,1-2,4H3. The molecule has 9 heteroatoms. The van der Waals surface area contributed by atoms with Crippen LogP contribution < -0.4 is 14.2 Å². The van der Waals surface area contributed by atoms with Crippen LogP contribution in [0.3, 0.4) is 0 Å². The number of amides is 1. The molecule has 2 fully saturated rings. The van der Waals surface area contributed by atoms with Crippen molar-refractivity contribution in [2.75, 3.05) is 40.0 Å². The van der Waals surface area contributed by atoms with Gasteiger partial charge in [-0.25, -0.2) is 4.39 Å². The maximum atomic E-state index is 15.2. The monoisotopic (exact) mass is 535 g/mol. The van der Waals surface area contributed by atoms with Gasteiger partial charge in [-0.05, 0) is 63.7 Å². The minimum absolute atomic E-state index is 0.0731. The molecule has 1 aromatic heterocycles. The second-order valence-electron chi connectivity index (χ2n) is 10.2. The van der Waals surface area contributed by atoms with E-state index < -0.39 is 5.82 Å². The largest absolute Gasteiger partial charge is 0.493 e. The van der Waals surface area contributed by atoms with Gasteiger partial charge in [-0.3, -0.25) is 9.79 Å². The summed E-state index contributed by atoms with van der Waals surface area (Å²) >= 11 is 0. The second-order valence-corrected chi connectivity index (χ2v) is 10.2. The summed E-state index contributed by atoms with van der Waals surface area (Å²) < 4.78 is 38.1. The smallest absolute Gasteiger partial charge is 0.225 e. The van der Waals surface area contributed by atoms with Crippen molar-refractivity contribution in [3.05, 3.63) is 53.5 Å². The number of nitrogens with zero attached hydrogens (tertiary/aromatic N) is 2. The third-order valence-electron chi connectivity index (χ3n) is 7.60. The number of halogens is 1. The Balaban J connectivity index is 1.28. The minimum Gasteiger partial charge on any atom is -0.493 e. The molecule has 0 atom stereocenters. The fourth-order valence-corrected chi connectivity index (χ4v) is 5.22. The van der Waals surface area contributed by atoms with Gasteiger partial charge in [-0.1, -0.05) is 0 Å². The van der Waals surface area contributed by atoms with E-state index in [0.717, 1.165) is 44.8 Å². The van der Waals surface area contributed by atoms with Gasteiger partial charge in [0.05, 0.1) is 39.0 Å². The quantitative estimate of drug-likeness (QED) is 0.276. The van der Waals surface area contributed by atoms with Crippen LogP contribution in [0.1, 0.15) is 37.4 Å². The van der Waals surface area contributed by atoms with Crippen LogP contribution in [0, 0.1) is 18.2 Å². The summed E-state index contributed by atoms with van der Waals surface area (Å²) in [5, 5.41) is 0.458. The Morgan fingerprint density at radius 2 is 1.97 bits per heavy atom. The molecule has 3 heterocycles. The molecule has 39 heavy (non-hydrogen) atoms. The highest BCUT2D eigenvalue weighted by Gasteiger charge is 2.41. The minimum atomic E-state index is -0.453. The first kappa shape index (κ1) is 26.7. The Morgan fingerprint density at radius 3 is 2.62 bits per heavy atom. The summed E-state index contributed by atoms with van der Waals surface area (Å²) in [5.41, 5.74) is 2.89. The Kier molecular flexibility index (Phi) is 7.61. The molecule has 1 N–H and O–H groups in total. The van der Waals surface area contributed by atoms with E-state index in [4.69, 9.17) is 18.9 Å². The van der Waals surface area contributed by atoms with Gasteiger partial charge in [-0.15, -0.1) is 0 Å². The van der Waals surface area contributed by atoms with Gasteiger partial charge in [0.1, 0.15) is 5.76 Å². The zero-order valence-electron chi connectivity index (χ0n) is 22.6. The van der Waals surface area contributed by atoms with Gasteiger partial charge < -0.3 is 28.8 Å². The van der Waals surface area contributed by atoms with Crippen molar-refractivity contribution in [3.63, 3.8) is 0 Å². The molecule has 0 radical (unpaired) electrons. The maximum absolute atomic E-state index is 15.2. The molecule has 2 aliphatic rings. The Bertz CT molecular complexity index is 1420. The molecule has 5 rings (SSSR count). The van der Waals surface area contributed by atoms with E-state index in [9.17, 15) is 4.79 Å². The highest BCUT2D eigenvalue weighted by molar-refractivity contribution is 5.84. The molecule has 2 aromatic carbocycles. The van der Waals surface area contributed by atoms with Crippen molar-refractivity contribution in [1.82, 2.24) is 9.88 Å². The Hall–Kier alpha value is -3.85. The van der Waals surface area contributed by atoms with E-state index in [1.165, 1.54) is 7.11 Å². The number of carbonyl (C=O) groups is 1. The number of allylic oxidation sites excluding steroid dienone is 1. The van der Waals surface area contributed by atoms with Crippen LogP contribution in [0.2, 0.25) is 0 Å². The number of methoxy groups -OCH3 is 1. The first-order valence-corrected chi connectivity index (χ1v) is 13.2. The van der Waals surface area contributed by atoms with Crippen LogP contribution in [-0.2, 0) is 9.53 Å². The predicted octanol–water partition coefficient (Wildman–Crippen LogP) is 5.80. The van der Waals surface area contributed by atoms with Crippen molar-refractivity contribution >= 4 is 35.0 Å². The van der Waals surface area contributed by atoms with Crippen LogP contribution in [0.5, 0.6) is 17.2 Å². The highest BCUT2D eigenvalue weighted by atomic mass is 19.1. The molecule has 8 nitrogen and oxygen atoms in total. The van der Waals surface area contributed by atoms with E-state index in [2.05, 4.69) is 16.7 Å². The van der Waals surface area contributed by atoms with Crippen molar-refractivity contribution in [3.8, 4) is 17.2 Å². The number of hydrogen-bond donors (Lipinski definition) is 1. The average molecular weight is 536 g/mol. The molecule has 0 saturated carbocycles. The maximum Gasteiger partial charge on any atom is 0.225 e. The van der Waals surface area contributed by atoms with E-state index in [0.29, 0.717) is 39.4 Å². The first-order valence-electron chi connectivity index (χ1n) is 13.2. The second kappa shape index (κ2) is 11.1. The Morgan fingerprint density at radius 1 is 1.21 bits per heavy atom. The number of carbonyl (C=O) groups excluding carboxylic acids is 1. The van der Waals surface area contributed by atoms with E-state index in [1.54, 1.807) is 43.3 Å². The summed E-state index contributed by atoms with van der Waals surface area (Å²) in [5.74, 6) is 0.981. The zero-order valence-corrected chi connectivity index (χ0v) is 22.6. The lowest BCUT2D eigenvalue weighted by Crippen LogP contribution is -2.52. The van der Waals surface area contributed by atoms with Crippen LogP contribution in [0.15, 0.2) is 41.4 Å². The fourth-order valence-electron chi connectivity index (χ4n) is 5.22. The Labute approximate surface area is 227 Å². The predicted molar refractivity (Wildman–Crippen MR) is 149 cm³/mol. The summed E-state index contributed by atoms with van der Waals surface area (Å²) in [7, 11) is 1.53. The molecule has 0 bridgehead atoms. The van der Waals surface area contributed by atoms with Crippen LogP contribution in [0.25, 0.3) is 16.7 Å². The van der Waals surface area contributed by atoms with Crippen LogP contribution >= 0.6 is 0 Å². The fraction of sp³-hybridized carbons (Fsp3) is 0.400. The number of piperidine rings is 1. The number of aliphatic imine (C=N–C) groups is 1. The third-order valence-corrected chi connectivity index (χ3v) is 7.60. The SMILES string of the molecule is C=Nc1cc(OCCC(=O)N2CCC3(CC2)COC3)c(OC)cc1C(=CC)Oc1ccc2[nH]c(C)cc2c1F. The molecule has 2 saturated heterocycles. The van der Waals surface area contributed by atoms with Gasteiger partial charge in [0, 0.05) is 46.7 Å².